The van der Waals surface area contributed by atoms with E-state index in [2.05, 4.69) is 0 Å². The van der Waals surface area contributed by atoms with Gasteiger partial charge >= 0.3 is 0 Å². The van der Waals surface area contributed by atoms with Crippen LogP contribution in [0.25, 0.3) is 0 Å². The van der Waals surface area contributed by atoms with Crippen LogP contribution in [0.1, 0.15) is 44.6 Å². The minimum atomic E-state index is -0.811. The Bertz CT molecular complexity index is 995. The zero-order valence-electron chi connectivity index (χ0n) is 15.8. The highest BCUT2D eigenvalue weighted by Crippen LogP contribution is 2.48. The van der Waals surface area contributed by atoms with Crippen LogP contribution < -0.4 is 4.90 Å². The first-order valence-corrected chi connectivity index (χ1v) is 9.36. The molecule has 1 aliphatic carbocycles. The van der Waals surface area contributed by atoms with Crippen LogP contribution in [0.4, 0.5) is 14.5 Å². The number of hydrogen-bond acceptors (Lipinski definition) is 2. The first-order chi connectivity index (χ1) is 13.3. The summed E-state index contributed by atoms with van der Waals surface area (Å²) in [6.45, 7) is 3.93. The van der Waals surface area contributed by atoms with E-state index in [-0.39, 0.29) is 35.1 Å². The van der Waals surface area contributed by atoms with Crippen molar-refractivity contribution in [2.45, 2.75) is 39.0 Å². The summed E-state index contributed by atoms with van der Waals surface area (Å²) in [5, 5.41) is 0. The van der Waals surface area contributed by atoms with Crippen LogP contribution in [0.3, 0.4) is 0 Å². The number of benzene rings is 2. The number of halogens is 2. The number of amides is 1. The van der Waals surface area contributed by atoms with Crippen molar-refractivity contribution in [3.8, 4) is 0 Å². The van der Waals surface area contributed by atoms with E-state index in [9.17, 15) is 18.4 Å². The SMILES string of the molecule is CC1(C)CC(=O)C2=C(C1)N(c1ccc(F)cc1F)C(=O)C[C@H]2c1ccccc1. The average Bonchev–Trinajstić information content (AvgIpc) is 2.62. The second kappa shape index (κ2) is 6.66. The molecule has 0 saturated heterocycles. The van der Waals surface area contributed by atoms with E-state index in [1.165, 1.54) is 11.0 Å². The predicted octanol–water partition coefficient (Wildman–Crippen LogP) is 5.13. The second-order valence-corrected chi connectivity index (χ2v) is 8.29. The Morgan fingerprint density at radius 1 is 1.00 bits per heavy atom. The van der Waals surface area contributed by atoms with Crippen LogP contribution in [0.5, 0.6) is 0 Å². The molecule has 2 aliphatic rings. The molecule has 1 heterocycles. The monoisotopic (exact) mass is 381 g/mol. The zero-order valence-corrected chi connectivity index (χ0v) is 15.8. The molecule has 144 valence electrons. The highest BCUT2D eigenvalue weighted by atomic mass is 19.1. The lowest BCUT2D eigenvalue weighted by Crippen LogP contribution is -2.44. The molecule has 0 radical (unpaired) electrons. The summed E-state index contributed by atoms with van der Waals surface area (Å²) in [4.78, 5) is 27.5. The van der Waals surface area contributed by atoms with Gasteiger partial charge < -0.3 is 0 Å². The first-order valence-electron chi connectivity index (χ1n) is 9.36. The van der Waals surface area contributed by atoms with E-state index in [1.54, 1.807) is 0 Å². The van der Waals surface area contributed by atoms with Gasteiger partial charge in [0.2, 0.25) is 5.91 Å². The smallest absolute Gasteiger partial charge is 0.232 e. The van der Waals surface area contributed by atoms with Crippen molar-refractivity contribution >= 4 is 17.4 Å². The highest BCUT2D eigenvalue weighted by Gasteiger charge is 2.44. The number of nitrogens with zero attached hydrogens (tertiary/aromatic N) is 1. The number of carbonyl (C=O) groups is 2. The van der Waals surface area contributed by atoms with Crippen LogP contribution in [-0.4, -0.2) is 11.7 Å². The molecule has 0 fully saturated rings. The standard InChI is InChI=1S/C23H21F2NO2/c1-23(2)12-19-22(20(27)13-23)16(14-6-4-3-5-7-14)11-21(28)26(19)18-9-8-15(24)10-17(18)25/h3-10,16H,11-13H2,1-2H3/t16-/m0/s1. The van der Waals surface area contributed by atoms with Crippen LogP contribution in [-0.2, 0) is 9.59 Å². The fourth-order valence-electron chi connectivity index (χ4n) is 4.33. The van der Waals surface area contributed by atoms with Crippen LogP contribution in [0.2, 0.25) is 0 Å². The van der Waals surface area contributed by atoms with Gasteiger partial charge in [-0.25, -0.2) is 8.78 Å². The normalized spacial score (nSPS) is 21.7. The average molecular weight is 381 g/mol. The Balaban J connectivity index is 1.92. The van der Waals surface area contributed by atoms with Crippen LogP contribution >= 0.6 is 0 Å². The third kappa shape index (κ3) is 3.15. The molecule has 4 rings (SSSR count). The Morgan fingerprint density at radius 2 is 1.71 bits per heavy atom. The summed E-state index contributed by atoms with van der Waals surface area (Å²) < 4.78 is 27.9. The molecule has 5 heteroatoms. The number of allylic oxidation sites excluding steroid dienone is 2. The summed E-state index contributed by atoms with van der Waals surface area (Å²) in [5.41, 5.74) is 1.67. The minimum absolute atomic E-state index is 0.00379. The molecule has 1 atom stereocenters. The van der Waals surface area contributed by atoms with E-state index < -0.39 is 11.6 Å². The summed E-state index contributed by atoms with van der Waals surface area (Å²) >= 11 is 0. The van der Waals surface area contributed by atoms with E-state index in [0.29, 0.717) is 24.1 Å². The Hall–Kier alpha value is -2.82. The molecule has 3 nitrogen and oxygen atoms in total. The number of rotatable bonds is 2. The lowest BCUT2D eigenvalue weighted by molar-refractivity contribution is -0.121. The van der Waals surface area contributed by atoms with Gasteiger partial charge in [0.05, 0.1) is 5.69 Å². The second-order valence-electron chi connectivity index (χ2n) is 8.29. The van der Waals surface area contributed by atoms with Gasteiger partial charge in [0.1, 0.15) is 11.6 Å². The fourth-order valence-corrected chi connectivity index (χ4v) is 4.33. The third-order valence-corrected chi connectivity index (χ3v) is 5.50. The molecular weight excluding hydrogens is 360 g/mol. The van der Waals surface area contributed by atoms with Crippen molar-refractivity contribution in [3.05, 3.63) is 77.0 Å². The first kappa shape index (κ1) is 18.5. The Labute approximate surface area is 162 Å². The van der Waals surface area contributed by atoms with E-state index in [4.69, 9.17) is 0 Å². The maximum Gasteiger partial charge on any atom is 0.232 e. The van der Waals surface area contributed by atoms with Gasteiger partial charge in [0.15, 0.2) is 5.78 Å². The maximum atomic E-state index is 14.5. The van der Waals surface area contributed by atoms with E-state index >= 15 is 0 Å². The van der Waals surface area contributed by atoms with Crippen molar-refractivity contribution in [1.29, 1.82) is 0 Å². The van der Waals surface area contributed by atoms with Crippen molar-refractivity contribution < 1.29 is 18.4 Å². The lowest BCUT2D eigenvalue weighted by Gasteiger charge is -2.43. The molecule has 2 aromatic carbocycles. The molecule has 0 N–H and O–H groups in total. The molecule has 2 aromatic rings. The Morgan fingerprint density at radius 3 is 2.39 bits per heavy atom. The number of anilines is 1. The molecule has 1 aliphatic heterocycles. The van der Waals surface area contributed by atoms with Crippen LogP contribution in [0, 0.1) is 17.0 Å². The molecule has 0 saturated carbocycles. The molecule has 0 spiro atoms. The fraction of sp³-hybridized carbons (Fsp3) is 0.304. The summed E-state index contributed by atoms with van der Waals surface area (Å²) in [7, 11) is 0. The lowest BCUT2D eigenvalue weighted by atomic mass is 9.69. The van der Waals surface area contributed by atoms with Gasteiger partial charge in [-0.3, -0.25) is 14.5 Å². The summed E-state index contributed by atoms with van der Waals surface area (Å²) in [5.74, 6) is -2.16. The number of Topliss-reactive ketones (excluding diaryl/α,β-unsaturated/α-hetero) is 1. The Kier molecular flexibility index (Phi) is 4.41. The highest BCUT2D eigenvalue weighted by molar-refractivity contribution is 6.07. The van der Waals surface area contributed by atoms with Gasteiger partial charge in [-0.1, -0.05) is 44.2 Å². The largest absolute Gasteiger partial charge is 0.294 e. The van der Waals surface area contributed by atoms with Crippen molar-refractivity contribution in [2.75, 3.05) is 4.90 Å². The summed E-state index contributed by atoms with van der Waals surface area (Å²) in [6.07, 6.45) is 0.925. The van der Waals surface area contributed by atoms with Gasteiger partial charge in [-0.2, -0.15) is 0 Å². The number of ketones is 1. The summed E-state index contributed by atoms with van der Waals surface area (Å²) in [6, 6.07) is 12.6. The number of hydrogen-bond donors (Lipinski definition) is 0. The number of carbonyl (C=O) groups excluding carboxylic acids is 2. The zero-order chi connectivity index (χ0) is 20.1. The van der Waals surface area contributed by atoms with Gasteiger partial charge in [0, 0.05) is 36.1 Å². The van der Waals surface area contributed by atoms with E-state index in [1.807, 2.05) is 44.2 Å². The van der Waals surface area contributed by atoms with Crippen molar-refractivity contribution in [3.63, 3.8) is 0 Å². The van der Waals surface area contributed by atoms with Gasteiger partial charge in [0.25, 0.3) is 0 Å². The van der Waals surface area contributed by atoms with E-state index in [0.717, 1.165) is 17.7 Å². The van der Waals surface area contributed by atoms with Crippen molar-refractivity contribution in [1.82, 2.24) is 0 Å². The molecule has 28 heavy (non-hydrogen) atoms. The third-order valence-electron chi connectivity index (χ3n) is 5.50. The molecule has 1 amide bonds. The molecule has 0 bridgehead atoms. The van der Waals surface area contributed by atoms with Crippen LogP contribution in [0.15, 0.2) is 59.8 Å². The predicted molar refractivity (Wildman–Crippen MR) is 103 cm³/mol. The minimum Gasteiger partial charge on any atom is -0.294 e. The quantitative estimate of drug-likeness (QED) is 0.723. The van der Waals surface area contributed by atoms with Crippen molar-refractivity contribution in [2.24, 2.45) is 5.41 Å². The van der Waals surface area contributed by atoms with Gasteiger partial charge in [-0.05, 0) is 29.5 Å². The molecule has 0 aromatic heterocycles. The maximum absolute atomic E-state index is 14.5. The molecule has 0 unspecified atom stereocenters. The van der Waals surface area contributed by atoms with Gasteiger partial charge in [-0.15, -0.1) is 0 Å². The molecular formula is C23H21F2NO2. The topological polar surface area (TPSA) is 37.4 Å².